The molecular weight excluding hydrogens is 224 g/mol. The zero-order chi connectivity index (χ0) is 12.3. The molecule has 0 fully saturated rings. The lowest BCUT2D eigenvalue weighted by molar-refractivity contribution is -0.143. The molecule has 2 N–H and O–H groups in total. The lowest BCUT2D eigenvalue weighted by atomic mass is 10.1. The van der Waals surface area contributed by atoms with Crippen LogP contribution in [-0.4, -0.2) is 21.6 Å². The van der Waals surface area contributed by atoms with E-state index < -0.39 is 11.5 Å². The van der Waals surface area contributed by atoms with Gasteiger partial charge in [-0.05, 0) is 13.8 Å². The first kappa shape index (κ1) is 13.1. The molecule has 5 heteroatoms. The highest BCUT2D eigenvalue weighted by molar-refractivity contribution is 7.09. The third kappa shape index (κ3) is 3.28. The van der Waals surface area contributed by atoms with Crippen molar-refractivity contribution in [2.75, 3.05) is 0 Å². The van der Waals surface area contributed by atoms with Gasteiger partial charge in [0, 0.05) is 17.8 Å². The highest BCUT2D eigenvalue weighted by Gasteiger charge is 2.26. The van der Waals surface area contributed by atoms with Crippen molar-refractivity contribution in [1.82, 2.24) is 10.3 Å². The van der Waals surface area contributed by atoms with E-state index in [9.17, 15) is 4.79 Å². The van der Waals surface area contributed by atoms with E-state index >= 15 is 0 Å². The highest BCUT2D eigenvalue weighted by atomic mass is 32.1. The maximum Gasteiger partial charge on any atom is 0.323 e. The molecule has 0 saturated carbocycles. The van der Waals surface area contributed by atoms with Crippen LogP contribution < -0.4 is 5.32 Å². The van der Waals surface area contributed by atoms with Gasteiger partial charge < -0.3 is 5.11 Å². The lowest BCUT2D eigenvalue weighted by Crippen LogP contribution is -2.46. The van der Waals surface area contributed by atoms with Crippen LogP contribution >= 0.6 is 11.3 Å². The number of aliphatic carboxylic acids is 1. The molecule has 4 nitrogen and oxygen atoms in total. The summed E-state index contributed by atoms with van der Waals surface area (Å²) in [5.74, 6) is -0.432. The van der Waals surface area contributed by atoms with Crippen molar-refractivity contribution in [2.45, 2.75) is 45.7 Å². The van der Waals surface area contributed by atoms with Crippen molar-refractivity contribution in [3.63, 3.8) is 0 Å². The van der Waals surface area contributed by atoms with Gasteiger partial charge in [-0.3, -0.25) is 10.1 Å². The second kappa shape index (κ2) is 4.93. The minimum Gasteiger partial charge on any atom is -0.480 e. The highest BCUT2D eigenvalue weighted by Crippen LogP contribution is 2.19. The van der Waals surface area contributed by atoms with Gasteiger partial charge in [-0.25, -0.2) is 4.98 Å². The van der Waals surface area contributed by atoms with Crippen LogP contribution in [0.25, 0.3) is 0 Å². The molecule has 1 aromatic heterocycles. The third-order valence-electron chi connectivity index (χ3n) is 2.31. The van der Waals surface area contributed by atoms with E-state index in [1.807, 2.05) is 5.38 Å². The SMILES string of the molecule is CC(C)c1nc(CNC(C)(C)C(=O)O)cs1. The molecule has 0 amide bonds. The van der Waals surface area contributed by atoms with Crippen molar-refractivity contribution in [2.24, 2.45) is 0 Å². The van der Waals surface area contributed by atoms with Crippen LogP contribution in [0.15, 0.2) is 5.38 Å². The number of carboxylic acid groups (broad SMARTS) is 1. The van der Waals surface area contributed by atoms with Gasteiger partial charge >= 0.3 is 5.97 Å². The second-order valence-electron chi connectivity index (χ2n) is 4.62. The summed E-state index contributed by atoms with van der Waals surface area (Å²) in [6.45, 7) is 7.97. The van der Waals surface area contributed by atoms with Gasteiger partial charge in [-0.2, -0.15) is 0 Å². The molecule has 1 rings (SSSR count). The Morgan fingerprint density at radius 1 is 1.62 bits per heavy atom. The number of hydrogen-bond acceptors (Lipinski definition) is 4. The van der Waals surface area contributed by atoms with E-state index in [0.29, 0.717) is 12.5 Å². The summed E-state index contributed by atoms with van der Waals surface area (Å²) < 4.78 is 0. The van der Waals surface area contributed by atoms with Gasteiger partial charge in [0.25, 0.3) is 0 Å². The van der Waals surface area contributed by atoms with E-state index in [1.165, 1.54) is 0 Å². The van der Waals surface area contributed by atoms with Crippen LogP contribution in [0.4, 0.5) is 0 Å². The predicted octanol–water partition coefficient (Wildman–Crippen LogP) is 2.22. The third-order valence-corrected chi connectivity index (χ3v) is 3.50. The zero-order valence-corrected chi connectivity index (χ0v) is 10.9. The van der Waals surface area contributed by atoms with Crippen molar-refractivity contribution in [1.29, 1.82) is 0 Å². The Labute approximate surface area is 99.7 Å². The summed E-state index contributed by atoms with van der Waals surface area (Å²) in [7, 11) is 0. The molecule has 0 bridgehead atoms. The Hall–Kier alpha value is -0.940. The van der Waals surface area contributed by atoms with Crippen molar-refractivity contribution in [3.8, 4) is 0 Å². The van der Waals surface area contributed by atoms with Crippen LogP contribution in [0.1, 0.15) is 44.3 Å². The summed E-state index contributed by atoms with van der Waals surface area (Å²) >= 11 is 1.62. The first-order valence-corrected chi connectivity index (χ1v) is 6.13. The van der Waals surface area contributed by atoms with E-state index in [1.54, 1.807) is 25.2 Å². The first-order valence-electron chi connectivity index (χ1n) is 5.25. The normalized spacial score (nSPS) is 12.1. The van der Waals surface area contributed by atoms with Crippen molar-refractivity contribution < 1.29 is 9.90 Å². The van der Waals surface area contributed by atoms with Gasteiger partial charge in [-0.1, -0.05) is 13.8 Å². The van der Waals surface area contributed by atoms with Crippen molar-refractivity contribution in [3.05, 3.63) is 16.1 Å². The number of thiazole rings is 1. The molecule has 0 unspecified atom stereocenters. The Kier molecular flexibility index (Phi) is 4.04. The lowest BCUT2D eigenvalue weighted by Gasteiger charge is -2.20. The van der Waals surface area contributed by atoms with E-state index in [2.05, 4.69) is 24.1 Å². The average molecular weight is 242 g/mol. The monoisotopic (exact) mass is 242 g/mol. The van der Waals surface area contributed by atoms with Gasteiger partial charge in [0.15, 0.2) is 0 Å². The van der Waals surface area contributed by atoms with E-state index in [-0.39, 0.29) is 0 Å². The number of aromatic nitrogens is 1. The average Bonchev–Trinajstić information content (AvgIpc) is 2.63. The van der Waals surface area contributed by atoms with E-state index in [0.717, 1.165) is 10.7 Å². The number of hydrogen-bond donors (Lipinski definition) is 2. The molecule has 0 spiro atoms. The molecule has 0 radical (unpaired) electrons. The Balaban J connectivity index is 2.58. The molecule has 0 aliphatic heterocycles. The fourth-order valence-electron chi connectivity index (χ4n) is 1.06. The Morgan fingerprint density at radius 2 is 2.25 bits per heavy atom. The van der Waals surface area contributed by atoms with Crippen LogP contribution in [-0.2, 0) is 11.3 Å². The van der Waals surface area contributed by atoms with Gasteiger partial charge in [0.1, 0.15) is 5.54 Å². The number of rotatable bonds is 5. The molecule has 90 valence electrons. The van der Waals surface area contributed by atoms with Gasteiger partial charge in [-0.15, -0.1) is 11.3 Å². The molecule has 0 aliphatic rings. The zero-order valence-electron chi connectivity index (χ0n) is 10.1. The molecule has 0 aromatic carbocycles. The fraction of sp³-hybridized carbons (Fsp3) is 0.636. The minimum atomic E-state index is -0.915. The van der Waals surface area contributed by atoms with Gasteiger partial charge in [0.05, 0.1) is 10.7 Å². The molecule has 16 heavy (non-hydrogen) atoms. The standard InChI is InChI=1S/C11H18N2O2S/c1-7(2)9-13-8(6-16-9)5-12-11(3,4)10(14)15/h6-7,12H,5H2,1-4H3,(H,14,15). The number of nitrogens with one attached hydrogen (secondary N) is 1. The molecule has 0 saturated heterocycles. The van der Waals surface area contributed by atoms with Crippen molar-refractivity contribution >= 4 is 17.3 Å². The quantitative estimate of drug-likeness (QED) is 0.831. The molecule has 0 atom stereocenters. The minimum absolute atomic E-state index is 0.422. The summed E-state index contributed by atoms with van der Waals surface area (Å²) in [6, 6.07) is 0. The summed E-state index contributed by atoms with van der Waals surface area (Å²) in [5, 5.41) is 15.0. The van der Waals surface area contributed by atoms with Crippen LogP contribution in [0.3, 0.4) is 0 Å². The van der Waals surface area contributed by atoms with Crippen LogP contribution in [0.2, 0.25) is 0 Å². The van der Waals surface area contributed by atoms with E-state index in [4.69, 9.17) is 5.11 Å². The summed E-state index contributed by atoms with van der Waals surface area (Å²) in [6.07, 6.45) is 0. The number of carboxylic acids is 1. The fourth-order valence-corrected chi connectivity index (χ4v) is 1.89. The topological polar surface area (TPSA) is 62.2 Å². The van der Waals surface area contributed by atoms with Crippen LogP contribution in [0.5, 0.6) is 0 Å². The number of carbonyl (C=O) groups is 1. The first-order chi connectivity index (χ1) is 7.33. The molecule has 0 aliphatic carbocycles. The van der Waals surface area contributed by atoms with Gasteiger partial charge in [0.2, 0.25) is 0 Å². The molecule has 1 heterocycles. The maximum atomic E-state index is 10.9. The summed E-state index contributed by atoms with van der Waals surface area (Å²) in [5.41, 5.74) is -0.00949. The Morgan fingerprint density at radius 3 is 2.69 bits per heavy atom. The largest absolute Gasteiger partial charge is 0.480 e. The Bertz CT molecular complexity index is 372. The molecule has 1 aromatic rings. The van der Waals surface area contributed by atoms with Crippen LogP contribution in [0, 0.1) is 0 Å². The second-order valence-corrected chi connectivity index (χ2v) is 5.51. The smallest absolute Gasteiger partial charge is 0.323 e. The predicted molar refractivity (Wildman–Crippen MR) is 64.8 cm³/mol. The maximum absolute atomic E-state index is 10.9. The summed E-state index contributed by atoms with van der Waals surface area (Å²) in [4.78, 5) is 15.3. The number of nitrogens with zero attached hydrogens (tertiary/aromatic N) is 1. The molecular formula is C11H18N2O2S.